The fourth-order valence-electron chi connectivity index (χ4n) is 4.35. The molecule has 2 N–H and O–H groups in total. The molecule has 0 unspecified atom stereocenters. The molecule has 2 aromatic carbocycles. The lowest BCUT2D eigenvalue weighted by Crippen LogP contribution is -2.15. The van der Waals surface area contributed by atoms with Crippen LogP contribution in [-0.2, 0) is 0 Å². The van der Waals surface area contributed by atoms with Crippen molar-refractivity contribution in [2.24, 2.45) is 0 Å². The van der Waals surface area contributed by atoms with Crippen molar-refractivity contribution in [3.63, 3.8) is 0 Å². The minimum Gasteiger partial charge on any atom is -0.478 e. The number of benzene rings is 2. The molecule has 4 rings (SSSR count). The van der Waals surface area contributed by atoms with Crippen LogP contribution in [0.3, 0.4) is 0 Å². The van der Waals surface area contributed by atoms with Crippen LogP contribution in [0.25, 0.3) is 10.9 Å². The quantitative estimate of drug-likeness (QED) is 0.618. The van der Waals surface area contributed by atoms with Gasteiger partial charge in [-0.15, -0.1) is 0 Å². The van der Waals surface area contributed by atoms with E-state index in [1.807, 2.05) is 6.07 Å². The van der Waals surface area contributed by atoms with Crippen LogP contribution in [-0.4, -0.2) is 27.5 Å². The van der Waals surface area contributed by atoms with Gasteiger partial charge in [-0.3, -0.25) is 14.2 Å². The average Bonchev–Trinajstić information content (AvgIpc) is 3.15. The Labute approximate surface area is 174 Å². The number of hydrogen-bond donors (Lipinski definition) is 2. The lowest BCUT2D eigenvalue weighted by atomic mass is 9.83. The van der Waals surface area contributed by atoms with Crippen LogP contribution in [0.1, 0.15) is 76.0 Å². The third-order valence-electron chi connectivity index (χ3n) is 5.89. The molecule has 0 spiro atoms. The van der Waals surface area contributed by atoms with Gasteiger partial charge in [0.25, 0.3) is 5.91 Å². The number of anilines is 1. The molecule has 0 saturated heterocycles. The number of carboxylic acid groups (broad SMARTS) is 1. The first-order valence-corrected chi connectivity index (χ1v) is 10.3. The van der Waals surface area contributed by atoms with Crippen molar-refractivity contribution in [2.45, 2.75) is 44.9 Å². The maximum atomic E-state index is 13.0. The van der Waals surface area contributed by atoms with Crippen molar-refractivity contribution in [2.75, 3.05) is 5.32 Å². The number of carbonyl (C=O) groups is 3. The van der Waals surface area contributed by atoms with E-state index < -0.39 is 11.9 Å². The second kappa shape index (κ2) is 8.14. The van der Waals surface area contributed by atoms with Crippen molar-refractivity contribution >= 4 is 34.4 Å². The molecule has 154 valence electrons. The molecule has 1 amide bonds. The van der Waals surface area contributed by atoms with Gasteiger partial charge in [-0.1, -0.05) is 43.5 Å². The van der Waals surface area contributed by atoms with Crippen LogP contribution in [0.2, 0.25) is 0 Å². The number of nitrogens with one attached hydrogen (secondary N) is 1. The Morgan fingerprint density at radius 3 is 2.43 bits per heavy atom. The Hall–Kier alpha value is -3.41. The lowest BCUT2D eigenvalue weighted by Gasteiger charge is -2.22. The Morgan fingerprint density at radius 2 is 1.73 bits per heavy atom. The van der Waals surface area contributed by atoms with Gasteiger partial charge in [0.05, 0.1) is 22.3 Å². The normalized spacial score (nSPS) is 14.6. The molecule has 1 saturated carbocycles. The first-order valence-electron chi connectivity index (χ1n) is 10.3. The van der Waals surface area contributed by atoms with Gasteiger partial charge in [0.2, 0.25) is 5.91 Å². The summed E-state index contributed by atoms with van der Waals surface area (Å²) in [7, 11) is 0. The fourth-order valence-corrected chi connectivity index (χ4v) is 4.35. The smallest absolute Gasteiger partial charge is 0.337 e. The second-order valence-electron chi connectivity index (χ2n) is 7.85. The Morgan fingerprint density at radius 1 is 1.00 bits per heavy atom. The van der Waals surface area contributed by atoms with Gasteiger partial charge in [-0.25, -0.2) is 4.79 Å². The highest BCUT2D eigenvalue weighted by Crippen LogP contribution is 2.34. The zero-order valence-electron chi connectivity index (χ0n) is 16.9. The maximum Gasteiger partial charge on any atom is 0.337 e. The summed E-state index contributed by atoms with van der Waals surface area (Å²) in [6, 6.07) is 12.4. The molecule has 1 fully saturated rings. The van der Waals surface area contributed by atoms with Crippen LogP contribution in [0.5, 0.6) is 0 Å². The molecule has 0 aliphatic heterocycles. The summed E-state index contributed by atoms with van der Waals surface area (Å²) in [5.74, 6) is -1.35. The molecule has 1 aromatic heterocycles. The van der Waals surface area contributed by atoms with Gasteiger partial charge in [0.15, 0.2) is 0 Å². The second-order valence-corrected chi connectivity index (χ2v) is 7.85. The predicted molar refractivity (Wildman–Crippen MR) is 115 cm³/mol. The largest absolute Gasteiger partial charge is 0.478 e. The summed E-state index contributed by atoms with van der Waals surface area (Å²) >= 11 is 0. The lowest BCUT2D eigenvalue weighted by molar-refractivity contribution is 0.0697. The third-order valence-corrected chi connectivity index (χ3v) is 5.89. The van der Waals surface area contributed by atoms with Crippen molar-refractivity contribution in [3.8, 4) is 0 Å². The van der Waals surface area contributed by atoms with Gasteiger partial charge in [0, 0.05) is 18.5 Å². The van der Waals surface area contributed by atoms with E-state index >= 15 is 0 Å². The highest BCUT2D eigenvalue weighted by molar-refractivity contribution is 6.15. The van der Waals surface area contributed by atoms with Crippen molar-refractivity contribution in [3.05, 3.63) is 65.4 Å². The summed E-state index contributed by atoms with van der Waals surface area (Å²) in [5, 5.41) is 13.1. The van der Waals surface area contributed by atoms with Gasteiger partial charge in [0.1, 0.15) is 0 Å². The SMILES string of the molecule is CC(=O)n1cc(C(=O)Nc2ccc(C3CCCCC3)cc2C(=O)O)c2ccccc21. The van der Waals surface area contributed by atoms with E-state index in [0.29, 0.717) is 22.4 Å². The van der Waals surface area contributed by atoms with E-state index in [9.17, 15) is 19.5 Å². The number of rotatable bonds is 4. The number of amides is 1. The van der Waals surface area contributed by atoms with Crippen LogP contribution in [0, 0.1) is 0 Å². The molecule has 0 atom stereocenters. The molecular weight excluding hydrogens is 380 g/mol. The number of fused-ring (bicyclic) bond motifs is 1. The number of hydrogen-bond acceptors (Lipinski definition) is 3. The van der Waals surface area contributed by atoms with Crippen LogP contribution < -0.4 is 5.32 Å². The number of carboxylic acids is 1. The van der Waals surface area contributed by atoms with Gasteiger partial charge >= 0.3 is 5.97 Å². The van der Waals surface area contributed by atoms with Crippen molar-refractivity contribution < 1.29 is 19.5 Å². The minimum absolute atomic E-state index is 0.0849. The average molecular weight is 404 g/mol. The Bertz CT molecular complexity index is 1140. The van der Waals surface area contributed by atoms with Crippen molar-refractivity contribution in [1.29, 1.82) is 0 Å². The zero-order valence-corrected chi connectivity index (χ0v) is 16.9. The number of para-hydroxylation sites is 1. The highest BCUT2D eigenvalue weighted by Gasteiger charge is 2.22. The van der Waals surface area contributed by atoms with Gasteiger partial charge in [-0.2, -0.15) is 0 Å². The van der Waals surface area contributed by atoms with Crippen LogP contribution in [0.15, 0.2) is 48.7 Å². The summed E-state index contributed by atoms with van der Waals surface area (Å²) in [4.78, 5) is 36.8. The Balaban J connectivity index is 1.67. The molecule has 6 nitrogen and oxygen atoms in total. The first kappa shape index (κ1) is 19.9. The Kier molecular flexibility index (Phi) is 5.40. The zero-order chi connectivity index (χ0) is 21.3. The van der Waals surface area contributed by atoms with Crippen molar-refractivity contribution in [1.82, 2.24) is 4.57 Å². The summed E-state index contributed by atoms with van der Waals surface area (Å²) < 4.78 is 1.43. The van der Waals surface area contributed by atoms with E-state index in [2.05, 4.69) is 5.32 Å². The van der Waals surface area contributed by atoms with E-state index in [-0.39, 0.29) is 17.2 Å². The number of nitrogens with zero attached hydrogens (tertiary/aromatic N) is 1. The number of aromatic nitrogens is 1. The van der Waals surface area contributed by atoms with Gasteiger partial charge in [-0.05, 0) is 42.5 Å². The number of aromatic carboxylic acids is 1. The molecule has 1 aliphatic rings. The van der Waals surface area contributed by atoms with E-state index in [1.54, 1.807) is 36.4 Å². The molecule has 1 heterocycles. The standard InChI is InChI=1S/C24H24N2O4/c1-15(27)26-14-20(18-9-5-6-10-22(18)26)23(28)25-21-12-11-17(13-19(21)24(29)30)16-7-3-2-4-8-16/h5-6,9-14,16H,2-4,7-8H2,1H3,(H,25,28)(H,29,30). The summed E-state index contributed by atoms with van der Waals surface area (Å²) in [6.45, 7) is 1.43. The predicted octanol–water partition coefficient (Wildman–Crippen LogP) is 5.30. The highest BCUT2D eigenvalue weighted by atomic mass is 16.4. The van der Waals surface area contributed by atoms with E-state index in [1.165, 1.54) is 24.1 Å². The summed E-state index contributed by atoms with van der Waals surface area (Å²) in [6.07, 6.45) is 7.17. The molecule has 1 aliphatic carbocycles. The molecule has 0 bridgehead atoms. The molecule has 30 heavy (non-hydrogen) atoms. The molecule has 0 radical (unpaired) electrons. The topological polar surface area (TPSA) is 88.4 Å². The fraction of sp³-hybridized carbons (Fsp3) is 0.292. The first-order chi connectivity index (χ1) is 14.5. The monoisotopic (exact) mass is 404 g/mol. The minimum atomic E-state index is -1.07. The molecule has 3 aromatic rings. The molecular formula is C24H24N2O4. The van der Waals surface area contributed by atoms with E-state index in [4.69, 9.17) is 0 Å². The summed E-state index contributed by atoms with van der Waals surface area (Å²) in [5.41, 5.74) is 2.32. The maximum absolute atomic E-state index is 13.0. The van der Waals surface area contributed by atoms with Gasteiger partial charge < -0.3 is 10.4 Å². The van der Waals surface area contributed by atoms with Crippen LogP contribution >= 0.6 is 0 Å². The third kappa shape index (κ3) is 3.73. The number of carbonyl (C=O) groups excluding carboxylic acids is 2. The van der Waals surface area contributed by atoms with Crippen LogP contribution in [0.4, 0.5) is 5.69 Å². The van der Waals surface area contributed by atoms with E-state index in [0.717, 1.165) is 31.2 Å². The molecule has 6 heteroatoms.